The Morgan fingerprint density at radius 1 is 0.852 bits per heavy atom. The van der Waals surface area contributed by atoms with E-state index in [2.05, 4.69) is 33.0 Å². The summed E-state index contributed by atoms with van der Waals surface area (Å²) in [6, 6.07) is 26.9. The van der Waals surface area contributed by atoms with E-state index < -0.39 is 22.9 Å². The monoisotopic (exact) mass is 845 g/mol. The molecule has 4 aliphatic heterocycles. The van der Waals surface area contributed by atoms with Crippen LogP contribution in [-0.2, 0) is 48.3 Å². The topological polar surface area (TPSA) is 163 Å². The number of aromatic nitrogens is 1. The fourth-order valence-electron chi connectivity index (χ4n) is 8.92. The first-order valence-corrected chi connectivity index (χ1v) is 21.9. The van der Waals surface area contributed by atoms with Crippen molar-refractivity contribution in [3.8, 4) is 28.5 Å². The highest BCUT2D eigenvalue weighted by Crippen LogP contribution is 2.42. The summed E-state index contributed by atoms with van der Waals surface area (Å²) in [4.78, 5) is 49.2. The normalized spacial score (nSPS) is 17.6. The number of benzene rings is 4. The van der Waals surface area contributed by atoms with E-state index in [1.54, 1.807) is 47.4 Å². The molecule has 0 bridgehead atoms. The third kappa shape index (κ3) is 8.51. The van der Waals surface area contributed by atoms with Crippen LogP contribution in [0.2, 0.25) is 0 Å². The van der Waals surface area contributed by atoms with Gasteiger partial charge in [0.15, 0.2) is 22.6 Å². The number of rotatable bonds is 11. The Bertz CT molecular complexity index is 2500. The number of hydrogen-bond donors (Lipinski definition) is 3. The van der Waals surface area contributed by atoms with Gasteiger partial charge in [-0.05, 0) is 97.0 Å². The number of anilines is 1. The van der Waals surface area contributed by atoms with Crippen molar-refractivity contribution in [3.63, 3.8) is 0 Å². The van der Waals surface area contributed by atoms with Gasteiger partial charge in [-0.3, -0.25) is 19.3 Å². The molecule has 14 nitrogen and oxygen atoms in total. The number of morpholine rings is 1. The number of carbonyl (C=O) groups is 3. The number of amides is 3. The number of nitrogens with zero attached hydrogens (tertiary/aromatic N) is 4. The second-order valence-corrected chi connectivity index (χ2v) is 16.7. The first-order valence-electron chi connectivity index (χ1n) is 20.6. The van der Waals surface area contributed by atoms with Crippen LogP contribution in [0.25, 0.3) is 11.3 Å². The average molecular weight is 846 g/mol. The van der Waals surface area contributed by atoms with E-state index in [4.69, 9.17) is 14.2 Å². The molecule has 1 saturated heterocycles. The molecule has 0 saturated carbocycles. The van der Waals surface area contributed by atoms with Gasteiger partial charge >= 0.3 is 0 Å². The van der Waals surface area contributed by atoms with Gasteiger partial charge in [0.05, 0.1) is 30.9 Å². The summed E-state index contributed by atoms with van der Waals surface area (Å²) >= 11 is -2.21. The molecular formula is C46H47N5O9S. The van der Waals surface area contributed by atoms with Crippen LogP contribution < -0.4 is 19.7 Å². The van der Waals surface area contributed by atoms with Crippen molar-refractivity contribution in [1.29, 1.82) is 0 Å². The summed E-state index contributed by atoms with van der Waals surface area (Å²) in [6.07, 6.45) is 3.14. The molecule has 0 radical (unpaired) electrons. The summed E-state index contributed by atoms with van der Waals surface area (Å²) in [7, 11) is 0. The standard InChI is InChI=1S/C46H47N5O9S/c52-36-13-11-34(12-14-36)50(25-30-6-5-9-32(20-30)44(53)47-28-61(56)57)46(55)39-22-41(49-15-4-3-10-40(39)49)37-23-42-43(60-29-59-42)24-38(37)45(54)51-26-33-8-2-1-7-31(33)21-35(51)27-48-16-18-58-19-17-48/h1-2,5-9,11-14,20,22-24,35,52H,3-4,10,15-19,21,25-29H2,(H,47,53)(H,56,57)/t35-/m0/s1. The molecule has 2 atom stereocenters. The minimum Gasteiger partial charge on any atom is -0.508 e. The number of nitrogens with one attached hydrogen (secondary N) is 1. The molecule has 3 amide bonds. The number of hydrogen-bond acceptors (Lipinski definition) is 9. The molecule has 316 valence electrons. The molecule has 61 heavy (non-hydrogen) atoms. The van der Waals surface area contributed by atoms with Crippen LogP contribution in [-0.4, -0.2) is 97.5 Å². The fraction of sp³-hybridized carbons (Fsp3) is 0.326. The van der Waals surface area contributed by atoms with Gasteiger partial charge in [-0.25, -0.2) is 4.21 Å². The van der Waals surface area contributed by atoms with Crippen LogP contribution in [0.5, 0.6) is 17.2 Å². The van der Waals surface area contributed by atoms with E-state index >= 15 is 9.59 Å². The van der Waals surface area contributed by atoms with Crippen molar-refractivity contribution in [2.45, 2.75) is 51.4 Å². The molecule has 0 spiro atoms. The predicted octanol–water partition coefficient (Wildman–Crippen LogP) is 5.58. The van der Waals surface area contributed by atoms with Gasteiger partial charge in [0, 0.05) is 67.0 Å². The highest BCUT2D eigenvalue weighted by Gasteiger charge is 2.36. The van der Waals surface area contributed by atoms with E-state index in [1.807, 2.05) is 23.1 Å². The van der Waals surface area contributed by atoms with Crippen LogP contribution in [0.1, 0.15) is 66.3 Å². The van der Waals surface area contributed by atoms with Crippen LogP contribution in [0, 0.1) is 0 Å². The number of aromatic hydroxyl groups is 1. The lowest BCUT2D eigenvalue weighted by Crippen LogP contribution is -2.52. The average Bonchev–Trinajstić information content (AvgIpc) is 3.92. The molecule has 1 aromatic heterocycles. The lowest BCUT2D eigenvalue weighted by atomic mass is 9.92. The SMILES string of the molecule is O=C(NCS(=O)O)c1cccc(CN(C(=O)c2cc(-c3cc4c(cc3C(=O)N3Cc5ccccc5C[C@H]3CN3CCOCC3)OCO4)n3c2CCCC3)c2ccc(O)cc2)c1. The third-order valence-corrected chi connectivity index (χ3v) is 12.4. The summed E-state index contributed by atoms with van der Waals surface area (Å²) in [5, 5.41) is 12.6. The van der Waals surface area contributed by atoms with Gasteiger partial charge in [0.2, 0.25) is 6.79 Å². The van der Waals surface area contributed by atoms with Gasteiger partial charge < -0.3 is 43.6 Å². The van der Waals surface area contributed by atoms with E-state index in [1.165, 1.54) is 17.7 Å². The minimum atomic E-state index is -2.21. The van der Waals surface area contributed by atoms with E-state index in [0.29, 0.717) is 78.7 Å². The molecule has 1 fully saturated rings. The van der Waals surface area contributed by atoms with Gasteiger partial charge in [-0.1, -0.05) is 36.4 Å². The Kier molecular flexibility index (Phi) is 11.6. The number of fused-ring (bicyclic) bond motifs is 3. The summed E-state index contributed by atoms with van der Waals surface area (Å²) in [5.74, 6) is -0.284. The van der Waals surface area contributed by atoms with Crippen molar-refractivity contribution >= 4 is 34.5 Å². The molecule has 4 aromatic carbocycles. The number of phenols is 1. The highest BCUT2D eigenvalue weighted by atomic mass is 32.2. The number of ether oxygens (including phenoxy) is 3. The van der Waals surface area contributed by atoms with Crippen molar-refractivity contribution in [3.05, 3.63) is 130 Å². The Balaban J connectivity index is 1.11. The van der Waals surface area contributed by atoms with E-state index in [0.717, 1.165) is 49.3 Å². The molecule has 0 aliphatic carbocycles. The summed E-state index contributed by atoms with van der Waals surface area (Å²) < 4.78 is 40.0. The van der Waals surface area contributed by atoms with Gasteiger partial charge in [-0.2, -0.15) is 0 Å². The lowest BCUT2D eigenvalue weighted by molar-refractivity contribution is 0.0193. The quantitative estimate of drug-likeness (QED) is 0.143. The Morgan fingerprint density at radius 2 is 1.62 bits per heavy atom. The summed E-state index contributed by atoms with van der Waals surface area (Å²) in [5.41, 5.74) is 6.99. The van der Waals surface area contributed by atoms with Gasteiger partial charge in [0.1, 0.15) is 11.6 Å². The minimum absolute atomic E-state index is 0.0323. The fourth-order valence-corrected chi connectivity index (χ4v) is 9.18. The maximum Gasteiger partial charge on any atom is 0.260 e. The van der Waals surface area contributed by atoms with E-state index in [-0.39, 0.29) is 42.5 Å². The van der Waals surface area contributed by atoms with Crippen LogP contribution in [0.4, 0.5) is 5.69 Å². The molecular weight excluding hydrogens is 799 g/mol. The zero-order valence-electron chi connectivity index (χ0n) is 33.6. The second-order valence-electron chi connectivity index (χ2n) is 15.8. The molecule has 1 unspecified atom stereocenters. The second kappa shape index (κ2) is 17.5. The lowest BCUT2D eigenvalue weighted by Gasteiger charge is -2.40. The zero-order chi connectivity index (χ0) is 42.0. The zero-order valence-corrected chi connectivity index (χ0v) is 34.4. The van der Waals surface area contributed by atoms with Crippen LogP contribution in [0.15, 0.2) is 91.0 Å². The summed E-state index contributed by atoms with van der Waals surface area (Å²) in [6.45, 7) is 4.85. The Labute approximate surface area is 355 Å². The Hall–Kier alpha value is -6.00. The maximum absolute atomic E-state index is 15.3. The van der Waals surface area contributed by atoms with Crippen molar-refractivity contribution in [2.24, 2.45) is 0 Å². The van der Waals surface area contributed by atoms with Crippen molar-refractivity contribution in [1.82, 2.24) is 19.7 Å². The molecule has 4 aliphatic rings. The van der Waals surface area contributed by atoms with Gasteiger partial charge in [-0.15, -0.1) is 0 Å². The van der Waals surface area contributed by atoms with E-state index in [9.17, 15) is 18.7 Å². The molecule has 3 N–H and O–H groups in total. The first-order chi connectivity index (χ1) is 29.7. The third-order valence-electron chi connectivity index (χ3n) is 12.0. The Morgan fingerprint density at radius 3 is 2.41 bits per heavy atom. The number of phenolic OH excluding ortho intramolecular Hbond substituents is 1. The smallest absolute Gasteiger partial charge is 0.260 e. The largest absolute Gasteiger partial charge is 0.508 e. The molecule has 15 heteroatoms. The molecule has 5 heterocycles. The molecule has 9 rings (SSSR count). The molecule has 5 aromatic rings. The first kappa shape index (κ1) is 40.4. The van der Waals surface area contributed by atoms with Gasteiger partial charge in [0.25, 0.3) is 17.7 Å². The van der Waals surface area contributed by atoms with Crippen molar-refractivity contribution in [2.75, 3.05) is 50.4 Å². The van der Waals surface area contributed by atoms with Crippen molar-refractivity contribution < 1.29 is 42.5 Å². The predicted molar refractivity (Wildman–Crippen MR) is 228 cm³/mol. The van der Waals surface area contributed by atoms with Crippen LogP contribution >= 0.6 is 0 Å². The maximum atomic E-state index is 15.3. The van der Waals surface area contributed by atoms with Crippen LogP contribution in [0.3, 0.4) is 0 Å². The highest BCUT2D eigenvalue weighted by molar-refractivity contribution is 7.79. The number of carbonyl (C=O) groups excluding carboxylic acids is 3.